The van der Waals surface area contributed by atoms with Crippen LogP contribution in [0.5, 0.6) is 5.75 Å². The molecule has 1 aliphatic heterocycles. The summed E-state index contributed by atoms with van der Waals surface area (Å²) >= 11 is 5.17. The van der Waals surface area contributed by atoms with Gasteiger partial charge in [0.15, 0.2) is 5.11 Å². The third-order valence-corrected chi connectivity index (χ3v) is 3.40. The van der Waals surface area contributed by atoms with Gasteiger partial charge in [0.25, 0.3) is 0 Å². The minimum atomic E-state index is 0.247. The van der Waals surface area contributed by atoms with E-state index < -0.39 is 0 Å². The average molecular weight is 319 g/mol. The smallest absolute Gasteiger partial charge is 0.187 e. The van der Waals surface area contributed by atoms with E-state index in [2.05, 4.69) is 22.4 Å². The molecule has 1 aromatic rings. The van der Waals surface area contributed by atoms with Gasteiger partial charge in [0.1, 0.15) is 12.4 Å². The Balaban J connectivity index is 1.78. The lowest BCUT2D eigenvalue weighted by atomic mass is 10.2. The average Bonchev–Trinajstić information content (AvgIpc) is 3.05. The van der Waals surface area contributed by atoms with Crippen LogP contribution in [0.2, 0.25) is 0 Å². The summed E-state index contributed by atoms with van der Waals surface area (Å²) in [6.07, 6.45) is 5.82. The number of hydrogen-bond donors (Lipinski definition) is 2. The molecular formula is C16H21N3O2S. The molecule has 22 heavy (non-hydrogen) atoms. The highest BCUT2D eigenvalue weighted by molar-refractivity contribution is 7.80. The van der Waals surface area contributed by atoms with Crippen LogP contribution < -0.4 is 15.5 Å². The molecule has 2 rings (SSSR count). The van der Waals surface area contributed by atoms with E-state index in [9.17, 15) is 0 Å². The van der Waals surface area contributed by atoms with Crippen molar-refractivity contribution in [2.24, 2.45) is 5.10 Å². The number of thiocarbonyl (C=S) groups is 1. The van der Waals surface area contributed by atoms with Gasteiger partial charge in [-0.3, -0.25) is 5.43 Å². The zero-order valence-corrected chi connectivity index (χ0v) is 13.3. The minimum Gasteiger partial charge on any atom is -0.489 e. The molecule has 0 amide bonds. The second-order valence-electron chi connectivity index (χ2n) is 4.85. The Kier molecular flexibility index (Phi) is 6.86. The fourth-order valence-corrected chi connectivity index (χ4v) is 2.22. The van der Waals surface area contributed by atoms with Crippen molar-refractivity contribution in [3.05, 3.63) is 42.5 Å². The molecule has 1 aliphatic rings. The highest BCUT2D eigenvalue weighted by Crippen LogP contribution is 2.15. The third-order valence-electron chi connectivity index (χ3n) is 3.16. The highest BCUT2D eigenvalue weighted by Gasteiger charge is 2.14. The van der Waals surface area contributed by atoms with Crippen molar-refractivity contribution in [2.75, 3.05) is 19.8 Å². The lowest BCUT2D eigenvalue weighted by Gasteiger charge is -2.11. The Hall–Kier alpha value is -1.92. The van der Waals surface area contributed by atoms with Crippen LogP contribution in [0, 0.1) is 0 Å². The molecule has 1 fully saturated rings. The largest absolute Gasteiger partial charge is 0.489 e. The van der Waals surface area contributed by atoms with E-state index in [1.165, 1.54) is 0 Å². The maximum absolute atomic E-state index is 5.56. The first kappa shape index (κ1) is 16.5. The van der Waals surface area contributed by atoms with Crippen LogP contribution >= 0.6 is 12.2 Å². The van der Waals surface area contributed by atoms with Gasteiger partial charge in [-0.1, -0.05) is 24.8 Å². The first-order valence-electron chi connectivity index (χ1n) is 7.31. The summed E-state index contributed by atoms with van der Waals surface area (Å²) in [6, 6.07) is 7.65. The summed E-state index contributed by atoms with van der Waals surface area (Å²) in [5.41, 5.74) is 3.67. The standard InChI is InChI=1S/C16H21N3O2S/c1-2-9-21-15-8-4-3-6-13(15)11-18-19-16(22)17-12-14-7-5-10-20-14/h2-4,6,8,11,14H,1,5,7,9-10,12H2,(H2,17,19,22)/b18-11-/t14-/m1/s1. The topological polar surface area (TPSA) is 54.9 Å². The second kappa shape index (κ2) is 9.17. The van der Waals surface area contributed by atoms with Crippen LogP contribution in [0.3, 0.4) is 0 Å². The van der Waals surface area contributed by atoms with E-state index >= 15 is 0 Å². The Labute approximate surface area is 136 Å². The van der Waals surface area contributed by atoms with Crippen LogP contribution in [0.25, 0.3) is 0 Å². The normalized spacial score (nSPS) is 17.4. The lowest BCUT2D eigenvalue weighted by Crippen LogP contribution is -2.37. The molecule has 1 saturated heterocycles. The summed E-state index contributed by atoms with van der Waals surface area (Å²) in [5, 5.41) is 7.71. The Morgan fingerprint density at radius 3 is 3.14 bits per heavy atom. The Morgan fingerprint density at radius 2 is 2.36 bits per heavy atom. The molecule has 5 nitrogen and oxygen atoms in total. The number of nitrogens with zero attached hydrogens (tertiary/aromatic N) is 1. The molecule has 118 valence electrons. The number of nitrogens with one attached hydrogen (secondary N) is 2. The van der Waals surface area contributed by atoms with Gasteiger partial charge < -0.3 is 14.8 Å². The van der Waals surface area contributed by atoms with E-state index in [4.69, 9.17) is 21.7 Å². The summed E-state index contributed by atoms with van der Waals surface area (Å²) in [7, 11) is 0. The molecule has 0 saturated carbocycles. The van der Waals surface area contributed by atoms with Crippen molar-refractivity contribution in [2.45, 2.75) is 18.9 Å². The predicted octanol–water partition coefficient (Wildman–Crippen LogP) is 2.23. The van der Waals surface area contributed by atoms with E-state index in [-0.39, 0.29) is 6.10 Å². The molecule has 2 N–H and O–H groups in total. The van der Waals surface area contributed by atoms with E-state index in [1.807, 2.05) is 24.3 Å². The Morgan fingerprint density at radius 1 is 1.50 bits per heavy atom. The third kappa shape index (κ3) is 5.46. The van der Waals surface area contributed by atoms with Crippen molar-refractivity contribution in [3.8, 4) is 5.75 Å². The fraction of sp³-hybridized carbons (Fsp3) is 0.375. The predicted molar refractivity (Wildman–Crippen MR) is 92.4 cm³/mol. The van der Waals surface area contributed by atoms with Crippen LogP contribution in [-0.2, 0) is 4.74 Å². The first-order chi connectivity index (χ1) is 10.8. The van der Waals surface area contributed by atoms with Crippen molar-refractivity contribution >= 4 is 23.5 Å². The Bertz CT molecular complexity index is 528. The number of hydrazone groups is 1. The van der Waals surface area contributed by atoms with E-state index in [0.29, 0.717) is 18.3 Å². The zero-order chi connectivity index (χ0) is 15.6. The van der Waals surface area contributed by atoms with Crippen molar-refractivity contribution in [1.82, 2.24) is 10.7 Å². The van der Waals surface area contributed by atoms with Crippen LogP contribution in [0.4, 0.5) is 0 Å². The van der Waals surface area contributed by atoms with E-state index in [0.717, 1.165) is 30.8 Å². The molecule has 0 unspecified atom stereocenters. The van der Waals surface area contributed by atoms with Crippen LogP contribution in [0.15, 0.2) is 42.0 Å². The first-order valence-corrected chi connectivity index (χ1v) is 7.71. The quantitative estimate of drug-likeness (QED) is 0.349. The van der Waals surface area contributed by atoms with E-state index in [1.54, 1.807) is 12.3 Å². The number of hydrogen-bond acceptors (Lipinski definition) is 4. The maximum Gasteiger partial charge on any atom is 0.187 e. The molecule has 6 heteroatoms. The van der Waals surface area contributed by atoms with Gasteiger partial charge in [-0.05, 0) is 37.2 Å². The lowest BCUT2D eigenvalue weighted by molar-refractivity contribution is 0.114. The highest BCUT2D eigenvalue weighted by atomic mass is 32.1. The molecular weight excluding hydrogens is 298 g/mol. The molecule has 0 radical (unpaired) electrons. The van der Waals surface area contributed by atoms with Crippen LogP contribution in [-0.4, -0.2) is 37.2 Å². The summed E-state index contributed by atoms with van der Waals surface area (Å²) < 4.78 is 11.1. The van der Waals surface area contributed by atoms with Gasteiger partial charge in [0, 0.05) is 18.7 Å². The van der Waals surface area contributed by atoms with Gasteiger partial charge >= 0.3 is 0 Å². The molecule has 0 spiro atoms. The number of rotatable bonds is 7. The number of ether oxygens (including phenoxy) is 2. The van der Waals surface area contributed by atoms with Gasteiger partial charge in [0.2, 0.25) is 0 Å². The second-order valence-corrected chi connectivity index (χ2v) is 5.26. The number of benzene rings is 1. The summed E-state index contributed by atoms with van der Waals surface area (Å²) in [4.78, 5) is 0. The van der Waals surface area contributed by atoms with Gasteiger partial charge in [-0.15, -0.1) is 0 Å². The molecule has 0 bridgehead atoms. The summed E-state index contributed by atoms with van der Waals surface area (Å²) in [6.45, 7) is 5.64. The number of para-hydroxylation sites is 1. The van der Waals surface area contributed by atoms with Crippen molar-refractivity contribution < 1.29 is 9.47 Å². The monoisotopic (exact) mass is 319 g/mol. The van der Waals surface area contributed by atoms with Gasteiger partial charge in [0.05, 0.1) is 12.3 Å². The molecule has 0 aromatic heterocycles. The maximum atomic E-state index is 5.56. The van der Waals surface area contributed by atoms with Crippen molar-refractivity contribution in [1.29, 1.82) is 0 Å². The minimum absolute atomic E-state index is 0.247. The summed E-state index contributed by atoms with van der Waals surface area (Å²) in [5.74, 6) is 0.756. The van der Waals surface area contributed by atoms with Crippen LogP contribution in [0.1, 0.15) is 18.4 Å². The fourth-order valence-electron chi connectivity index (χ4n) is 2.08. The SMILES string of the molecule is C=CCOc1ccccc1/C=N\NC(=S)NC[C@H]1CCCO1. The molecule has 1 aromatic carbocycles. The molecule has 0 aliphatic carbocycles. The molecule has 1 atom stereocenters. The molecule has 1 heterocycles. The van der Waals surface area contributed by atoms with Gasteiger partial charge in [-0.25, -0.2) is 0 Å². The van der Waals surface area contributed by atoms with Crippen molar-refractivity contribution in [3.63, 3.8) is 0 Å². The zero-order valence-electron chi connectivity index (χ0n) is 12.5. The van der Waals surface area contributed by atoms with Gasteiger partial charge in [-0.2, -0.15) is 5.10 Å².